The summed E-state index contributed by atoms with van der Waals surface area (Å²) < 4.78 is 0. The number of hydrogen-bond donors (Lipinski definition) is 0. The molecular formula is C8H12Zr. The molecule has 0 spiro atoms. The maximum Gasteiger partial charge on any atom is 0 e. The van der Waals surface area contributed by atoms with Gasteiger partial charge < -0.3 is 0 Å². The minimum atomic E-state index is 0. The van der Waals surface area contributed by atoms with Gasteiger partial charge in [0, 0.05) is 26.2 Å². The molecule has 0 bridgehead atoms. The van der Waals surface area contributed by atoms with Crippen molar-refractivity contribution < 1.29 is 26.2 Å². The van der Waals surface area contributed by atoms with Gasteiger partial charge in [0.05, 0.1) is 0 Å². The third-order valence-corrected chi connectivity index (χ3v) is 1.45. The van der Waals surface area contributed by atoms with Gasteiger partial charge in [-0.2, -0.15) is 0 Å². The van der Waals surface area contributed by atoms with Crippen molar-refractivity contribution in [2.24, 2.45) is 5.92 Å². The molecule has 0 nitrogen and oxygen atoms in total. The molecule has 0 heterocycles. The summed E-state index contributed by atoms with van der Waals surface area (Å²) in [7, 11) is 0. The Morgan fingerprint density at radius 2 is 1.78 bits per heavy atom. The number of hydrogen-bond acceptors (Lipinski definition) is 0. The Morgan fingerprint density at radius 3 is 2.22 bits per heavy atom. The average Bonchev–Trinajstić information content (AvgIpc) is 2.19. The summed E-state index contributed by atoms with van der Waals surface area (Å²) in [5.74, 6) is 0.750. The fourth-order valence-electron chi connectivity index (χ4n) is 1.00. The van der Waals surface area contributed by atoms with E-state index in [2.05, 4.69) is 31.2 Å². The van der Waals surface area contributed by atoms with Gasteiger partial charge in [0.25, 0.3) is 0 Å². The zero-order valence-corrected chi connectivity index (χ0v) is 8.26. The van der Waals surface area contributed by atoms with Crippen LogP contribution in [0.3, 0.4) is 0 Å². The Bertz CT molecular complexity index is 102. The van der Waals surface area contributed by atoms with E-state index in [9.17, 15) is 0 Å². The van der Waals surface area contributed by atoms with E-state index < -0.39 is 0 Å². The first-order valence-corrected chi connectivity index (χ1v) is 3.28. The molecule has 1 heteroatoms. The van der Waals surface area contributed by atoms with Gasteiger partial charge in [-0.25, -0.2) is 0 Å². The zero-order valence-electron chi connectivity index (χ0n) is 5.80. The molecule has 0 aromatic carbocycles. The summed E-state index contributed by atoms with van der Waals surface area (Å²) in [6, 6.07) is 0. The van der Waals surface area contributed by atoms with Crippen LogP contribution >= 0.6 is 0 Å². The largest absolute Gasteiger partial charge is 0.0776 e. The zero-order chi connectivity index (χ0) is 5.82. The number of rotatable bonds is 2. The van der Waals surface area contributed by atoms with Crippen molar-refractivity contribution >= 4 is 0 Å². The Labute approximate surface area is 76.2 Å². The van der Waals surface area contributed by atoms with Crippen LogP contribution in [-0.2, 0) is 26.2 Å². The van der Waals surface area contributed by atoms with Gasteiger partial charge in [-0.1, -0.05) is 37.6 Å². The Balaban J connectivity index is 0.000000640. The fraction of sp³-hybridized carbons (Fsp3) is 0.500. The molecule has 1 aliphatic carbocycles. The van der Waals surface area contributed by atoms with Crippen molar-refractivity contribution in [3.05, 3.63) is 24.3 Å². The van der Waals surface area contributed by atoms with E-state index in [0.717, 1.165) is 5.92 Å². The van der Waals surface area contributed by atoms with E-state index in [-0.39, 0.29) is 26.2 Å². The van der Waals surface area contributed by atoms with Gasteiger partial charge >= 0.3 is 0 Å². The molecule has 0 atom stereocenters. The molecule has 0 fully saturated rings. The van der Waals surface area contributed by atoms with Crippen LogP contribution in [0.25, 0.3) is 0 Å². The van der Waals surface area contributed by atoms with Crippen LogP contribution in [0, 0.1) is 5.92 Å². The van der Waals surface area contributed by atoms with Gasteiger partial charge in [0.1, 0.15) is 0 Å². The molecule has 0 radical (unpaired) electrons. The Kier molecular flexibility index (Phi) is 5.38. The summed E-state index contributed by atoms with van der Waals surface area (Å²) >= 11 is 0. The Morgan fingerprint density at radius 1 is 1.22 bits per heavy atom. The molecule has 1 aliphatic rings. The van der Waals surface area contributed by atoms with E-state index in [1.54, 1.807) is 0 Å². The van der Waals surface area contributed by atoms with Gasteiger partial charge in [0.15, 0.2) is 0 Å². The molecule has 0 aromatic heterocycles. The average molecular weight is 199 g/mol. The van der Waals surface area contributed by atoms with Crippen molar-refractivity contribution in [2.75, 3.05) is 0 Å². The summed E-state index contributed by atoms with van der Waals surface area (Å²) in [6.45, 7) is 2.22. The first kappa shape index (κ1) is 9.36. The maximum absolute atomic E-state index is 2.25. The molecule has 0 aromatic rings. The SMILES string of the molecule is CCCC1C=CC=C1.[Zr]. The summed E-state index contributed by atoms with van der Waals surface area (Å²) in [5.41, 5.74) is 0. The fourth-order valence-corrected chi connectivity index (χ4v) is 1.00. The van der Waals surface area contributed by atoms with E-state index in [1.807, 2.05) is 0 Å². The first-order chi connectivity index (χ1) is 3.93. The molecule has 1 rings (SSSR count). The van der Waals surface area contributed by atoms with Crippen LogP contribution in [-0.4, -0.2) is 0 Å². The molecule has 0 unspecified atom stereocenters. The summed E-state index contributed by atoms with van der Waals surface area (Å²) in [4.78, 5) is 0. The monoisotopic (exact) mass is 198 g/mol. The van der Waals surface area contributed by atoms with Crippen LogP contribution in [0.4, 0.5) is 0 Å². The standard InChI is InChI=1S/C8H12.Zr/c1-2-5-8-6-3-4-7-8;/h3-4,6-8H,2,5H2,1H3;. The molecule has 9 heavy (non-hydrogen) atoms. The second-order valence-electron chi connectivity index (χ2n) is 2.22. The normalized spacial score (nSPS) is 16.1. The quantitative estimate of drug-likeness (QED) is 0.641. The minimum absolute atomic E-state index is 0. The number of allylic oxidation sites excluding steroid dienone is 4. The second-order valence-corrected chi connectivity index (χ2v) is 2.22. The van der Waals surface area contributed by atoms with Crippen molar-refractivity contribution in [1.29, 1.82) is 0 Å². The smallest absolute Gasteiger partial charge is 0 e. The van der Waals surface area contributed by atoms with E-state index in [4.69, 9.17) is 0 Å². The van der Waals surface area contributed by atoms with Crippen LogP contribution < -0.4 is 0 Å². The predicted octanol–water partition coefficient (Wildman–Crippen LogP) is 2.53. The van der Waals surface area contributed by atoms with Crippen molar-refractivity contribution in [2.45, 2.75) is 19.8 Å². The van der Waals surface area contributed by atoms with Gasteiger partial charge in [0.2, 0.25) is 0 Å². The molecule has 0 amide bonds. The third kappa shape index (κ3) is 3.15. The summed E-state index contributed by atoms with van der Waals surface area (Å²) in [5, 5.41) is 0. The second kappa shape index (κ2) is 5.17. The minimum Gasteiger partial charge on any atom is -0.0776 e. The van der Waals surface area contributed by atoms with Gasteiger partial charge in [-0.05, 0) is 12.3 Å². The third-order valence-electron chi connectivity index (χ3n) is 1.45. The molecule has 0 saturated heterocycles. The molecule has 0 saturated carbocycles. The van der Waals surface area contributed by atoms with Crippen LogP contribution in [0.5, 0.6) is 0 Å². The van der Waals surface area contributed by atoms with E-state index >= 15 is 0 Å². The van der Waals surface area contributed by atoms with Crippen LogP contribution in [0.2, 0.25) is 0 Å². The molecule has 0 aliphatic heterocycles. The van der Waals surface area contributed by atoms with E-state index in [1.165, 1.54) is 12.8 Å². The van der Waals surface area contributed by atoms with Crippen molar-refractivity contribution in [3.8, 4) is 0 Å². The van der Waals surface area contributed by atoms with Crippen LogP contribution in [0.15, 0.2) is 24.3 Å². The molecule has 0 N–H and O–H groups in total. The van der Waals surface area contributed by atoms with E-state index in [0.29, 0.717) is 0 Å². The molecular weight excluding hydrogens is 187 g/mol. The topological polar surface area (TPSA) is 0 Å². The summed E-state index contributed by atoms with van der Waals surface area (Å²) in [6.07, 6.45) is 11.4. The first-order valence-electron chi connectivity index (χ1n) is 3.28. The van der Waals surface area contributed by atoms with Gasteiger partial charge in [-0.3, -0.25) is 0 Å². The van der Waals surface area contributed by atoms with Crippen LogP contribution in [0.1, 0.15) is 19.8 Å². The van der Waals surface area contributed by atoms with Crippen molar-refractivity contribution in [1.82, 2.24) is 0 Å². The Hall–Kier alpha value is 0.363. The van der Waals surface area contributed by atoms with Gasteiger partial charge in [-0.15, -0.1) is 0 Å². The maximum atomic E-state index is 2.25. The molecule has 48 valence electrons. The van der Waals surface area contributed by atoms with Crippen molar-refractivity contribution in [3.63, 3.8) is 0 Å². The predicted molar refractivity (Wildman–Crippen MR) is 36.7 cm³/mol.